The molecule has 1 N–H and O–H groups in total. The Morgan fingerprint density at radius 3 is 2.92 bits per heavy atom. The summed E-state index contributed by atoms with van der Waals surface area (Å²) in [4.78, 5) is 31.7. The summed E-state index contributed by atoms with van der Waals surface area (Å²) >= 11 is 0. The molecule has 1 amide bonds. The first-order valence-corrected chi connectivity index (χ1v) is 8.87. The van der Waals surface area contributed by atoms with Gasteiger partial charge in [-0.3, -0.25) is 19.4 Å². The Morgan fingerprint density at radius 1 is 1.42 bits per heavy atom. The van der Waals surface area contributed by atoms with Gasteiger partial charge in [-0.05, 0) is 19.8 Å². The maximum atomic E-state index is 12.6. The number of nitrogens with zero attached hydrogens (tertiary/aromatic N) is 5. The molecule has 8 nitrogen and oxygen atoms in total. The Balaban J connectivity index is 1.62. The SMILES string of the molecule is CCc1c(C)[nH]n2c(=O)cc([C@@H]3CCN(C(=O)c4cnn(C)c4)C3)nc12. The minimum atomic E-state index is -0.107. The van der Waals surface area contributed by atoms with Crippen molar-refractivity contribution in [2.45, 2.75) is 32.6 Å². The van der Waals surface area contributed by atoms with E-state index in [0.29, 0.717) is 24.3 Å². The number of H-pyrrole nitrogens is 1. The summed E-state index contributed by atoms with van der Waals surface area (Å²) in [5.41, 5.74) is 3.98. The van der Waals surface area contributed by atoms with Crippen LogP contribution >= 0.6 is 0 Å². The molecular formula is C18H22N6O2. The van der Waals surface area contributed by atoms with Crippen LogP contribution in [0.2, 0.25) is 0 Å². The molecule has 0 aliphatic carbocycles. The van der Waals surface area contributed by atoms with Crippen LogP contribution in [0.1, 0.15) is 46.6 Å². The first-order chi connectivity index (χ1) is 12.5. The van der Waals surface area contributed by atoms with Crippen molar-refractivity contribution in [1.29, 1.82) is 0 Å². The summed E-state index contributed by atoms with van der Waals surface area (Å²) in [6.45, 7) is 5.24. The van der Waals surface area contributed by atoms with Crippen molar-refractivity contribution in [3.63, 3.8) is 0 Å². The molecule has 26 heavy (non-hydrogen) atoms. The van der Waals surface area contributed by atoms with Crippen molar-refractivity contribution in [2.24, 2.45) is 7.05 Å². The van der Waals surface area contributed by atoms with Gasteiger partial charge in [0.25, 0.3) is 11.5 Å². The van der Waals surface area contributed by atoms with E-state index in [1.165, 1.54) is 4.52 Å². The highest BCUT2D eigenvalue weighted by Crippen LogP contribution is 2.27. The van der Waals surface area contributed by atoms with Crippen LogP contribution in [-0.2, 0) is 13.5 Å². The molecule has 3 aromatic heterocycles. The third-order valence-corrected chi connectivity index (χ3v) is 5.14. The lowest BCUT2D eigenvalue weighted by Crippen LogP contribution is -2.28. The maximum Gasteiger partial charge on any atom is 0.272 e. The normalized spacial score (nSPS) is 17.3. The molecule has 136 valence electrons. The number of aromatic nitrogens is 5. The smallest absolute Gasteiger partial charge is 0.272 e. The van der Waals surface area contributed by atoms with Crippen LogP contribution in [0.3, 0.4) is 0 Å². The Morgan fingerprint density at radius 2 is 2.23 bits per heavy atom. The number of rotatable bonds is 3. The van der Waals surface area contributed by atoms with E-state index in [1.54, 1.807) is 30.2 Å². The largest absolute Gasteiger partial charge is 0.338 e. The number of hydrogen-bond acceptors (Lipinski definition) is 4. The molecule has 8 heteroatoms. The van der Waals surface area contributed by atoms with Crippen LogP contribution in [0, 0.1) is 6.92 Å². The van der Waals surface area contributed by atoms with E-state index >= 15 is 0 Å². The lowest BCUT2D eigenvalue weighted by molar-refractivity contribution is 0.0790. The van der Waals surface area contributed by atoms with Gasteiger partial charge in [-0.25, -0.2) is 9.50 Å². The molecule has 4 rings (SSSR count). The number of hydrogen-bond donors (Lipinski definition) is 1. The molecule has 0 bridgehead atoms. The van der Waals surface area contributed by atoms with Gasteiger partial charge in [0.15, 0.2) is 5.65 Å². The highest BCUT2D eigenvalue weighted by molar-refractivity contribution is 5.94. The second-order valence-electron chi connectivity index (χ2n) is 6.89. The third kappa shape index (κ3) is 2.61. The second kappa shape index (κ2) is 6.12. The Hall–Kier alpha value is -2.90. The van der Waals surface area contributed by atoms with Crippen LogP contribution in [0.25, 0.3) is 5.65 Å². The molecule has 3 aromatic rings. The standard InChI is InChI=1S/C18H22N6O2/c1-4-14-11(2)21-24-16(25)7-15(20-17(14)24)12-5-6-23(10-12)18(26)13-8-19-22(3)9-13/h7-9,12,21H,4-6,10H2,1-3H3/t12-/m1/s1. The molecule has 0 saturated carbocycles. The average molecular weight is 354 g/mol. The number of nitrogens with one attached hydrogen (secondary N) is 1. The van der Waals surface area contributed by atoms with Crippen molar-refractivity contribution in [2.75, 3.05) is 13.1 Å². The number of likely N-dealkylation sites (tertiary alicyclic amines) is 1. The van der Waals surface area contributed by atoms with Crippen molar-refractivity contribution in [1.82, 2.24) is 29.3 Å². The third-order valence-electron chi connectivity index (χ3n) is 5.14. The van der Waals surface area contributed by atoms with Gasteiger partial charge in [-0.1, -0.05) is 6.92 Å². The van der Waals surface area contributed by atoms with E-state index in [-0.39, 0.29) is 17.4 Å². The zero-order valence-corrected chi connectivity index (χ0v) is 15.2. The molecule has 1 atom stereocenters. The molecule has 1 fully saturated rings. The fourth-order valence-electron chi connectivity index (χ4n) is 3.75. The van der Waals surface area contributed by atoms with Crippen molar-refractivity contribution in [3.05, 3.63) is 51.3 Å². The molecule has 1 aliphatic heterocycles. The summed E-state index contributed by atoms with van der Waals surface area (Å²) in [6, 6.07) is 1.59. The van der Waals surface area contributed by atoms with E-state index in [1.807, 2.05) is 11.8 Å². The predicted molar refractivity (Wildman–Crippen MR) is 96.4 cm³/mol. The van der Waals surface area contributed by atoms with Crippen LogP contribution < -0.4 is 5.56 Å². The van der Waals surface area contributed by atoms with E-state index in [9.17, 15) is 9.59 Å². The fourth-order valence-corrected chi connectivity index (χ4v) is 3.75. The lowest BCUT2D eigenvalue weighted by atomic mass is 10.0. The monoisotopic (exact) mass is 354 g/mol. The number of aryl methyl sites for hydroxylation is 3. The van der Waals surface area contributed by atoms with Crippen LogP contribution in [0.15, 0.2) is 23.3 Å². The van der Waals surface area contributed by atoms with E-state index in [0.717, 1.165) is 29.8 Å². The predicted octanol–water partition coefficient (Wildman–Crippen LogP) is 1.26. The molecule has 0 radical (unpaired) electrons. The molecule has 1 saturated heterocycles. The van der Waals surface area contributed by atoms with E-state index in [2.05, 4.69) is 17.1 Å². The number of aromatic amines is 1. The van der Waals surface area contributed by atoms with E-state index in [4.69, 9.17) is 4.98 Å². The van der Waals surface area contributed by atoms with Crippen molar-refractivity contribution < 1.29 is 4.79 Å². The Bertz CT molecular complexity index is 1040. The van der Waals surface area contributed by atoms with Gasteiger partial charge in [-0.15, -0.1) is 0 Å². The summed E-state index contributed by atoms with van der Waals surface area (Å²) < 4.78 is 3.13. The summed E-state index contributed by atoms with van der Waals surface area (Å²) in [5.74, 6) is 0.0540. The topological polar surface area (TPSA) is 88.3 Å². The second-order valence-corrected chi connectivity index (χ2v) is 6.89. The summed E-state index contributed by atoms with van der Waals surface area (Å²) in [7, 11) is 1.79. The quantitative estimate of drug-likeness (QED) is 0.767. The summed E-state index contributed by atoms with van der Waals surface area (Å²) in [5, 5.41) is 7.15. The first kappa shape index (κ1) is 16.6. The Labute approximate surface area is 150 Å². The molecular weight excluding hydrogens is 332 g/mol. The maximum absolute atomic E-state index is 12.6. The molecule has 0 unspecified atom stereocenters. The minimum Gasteiger partial charge on any atom is -0.338 e. The van der Waals surface area contributed by atoms with Gasteiger partial charge in [0, 0.05) is 49.6 Å². The number of amides is 1. The van der Waals surface area contributed by atoms with Crippen LogP contribution in [0.5, 0.6) is 0 Å². The summed E-state index contributed by atoms with van der Waals surface area (Å²) in [6.07, 6.45) is 4.93. The number of fused-ring (bicyclic) bond motifs is 1. The van der Waals surface area contributed by atoms with Crippen molar-refractivity contribution >= 4 is 11.6 Å². The zero-order chi connectivity index (χ0) is 18.4. The zero-order valence-electron chi connectivity index (χ0n) is 15.2. The molecule has 0 spiro atoms. The number of carbonyl (C=O) groups is 1. The molecule has 4 heterocycles. The van der Waals surface area contributed by atoms with Gasteiger partial charge >= 0.3 is 0 Å². The average Bonchev–Trinajstić information content (AvgIpc) is 3.32. The van der Waals surface area contributed by atoms with Crippen LogP contribution in [0.4, 0.5) is 0 Å². The lowest BCUT2D eigenvalue weighted by Gasteiger charge is -2.15. The highest BCUT2D eigenvalue weighted by Gasteiger charge is 2.30. The van der Waals surface area contributed by atoms with Crippen LogP contribution in [-0.4, -0.2) is 48.3 Å². The van der Waals surface area contributed by atoms with E-state index < -0.39 is 0 Å². The Kier molecular flexibility index (Phi) is 3.90. The highest BCUT2D eigenvalue weighted by atomic mass is 16.2. The molecule has 1 aliphatic rings. The van der Waals surface area contributed by atoms with Gasteiger partial charge in [-0.2, -0.15) is 5.10 Å². The van der Waals surface area contributed by atoms with Gasteiger partial charge < -0.3 is 4.90 Å². The first-order valence-electron chi connectivity index (χ1n) is 8.87. The number of carbonyl (C=O) groups excluding carboxylic acids is 1. The molecule has 0 aromatic carbocycles. The van der Waals surface area contributed by atoms with Crippen molar-refractivity contribution in [3.8, 4) is 0 Å². The van der Waals surface area contributed by atoms with Gasteiger partial charge in [0.05, 0.1) is 17.5 Å². The van der Waals surface area contributed by atoms with Gasteiger partial charge in [0.1, 0.15) is 0 Å². The van der Waals surface area contributed by atoms with Gasteiger partial charge in [0.2, 0.25) is 0 Å². The minimum absolute atomic E-state index is 0.0230. The fraction of sp³-hybridized carbons (Fsp3) is 0.444.